The van der Waals surface area contributed by atoms with Crippen molar-refractivity contribution in [2.75, 3.05) is 25.6 Å². The first-order valence-electron chi connectivity index (χ1n) is 6.24. The molecule has 7 nitrogen and oxygen atoms in total. The van der Waals surface area contributed by atoms with Crippen LogP contribution in [0.4, 0.5) is 6.01 Å². The topological polar surface area (TPSA) is 93.5 Å². The van der Waals surface area contributed by atoms with Gasteiger partial charge in [-0.2, -0.15) is 4.98 Å². The maximum atomic E-state index is 11.7. The van der Waals surface area contributed by atoms with Crippen LogP contribution < -0.4 is 10.6 Å². The Morgan fingerprint density at radius 2 is 2.32 bits per heavy atom. The molecule has 1 aliphatic rings. The van der Waals surface area contributed by atoms with Gasteiger partial charge >= 0.3 is 6.01 Å². The van der Waals surface area contributed by atoms with Crippen LogP contribution in [0.1, 0.15) is 29.8 Å². The van der Waals surface area contributed by atoms with Crippen molar-refractivity contribution in [3.63, 3.8) is 0 Å². The van der Waals surface area contributed by atoms with Crippen molar-refractivity contribution in [3.8, 4) is 0 Å². The average Bonchev–Trinajstić information content (AvgIpc) is 3.15. The summed E-state index contributed by atoms with van der Waals surface area (Å²) in [7, 11) is 1.61. The molecule has 0 aromatic carbocycles. The van der Waals surface area contributed by atoms with E-state index in [-0.39, 0.29) is 29.4 Å². The third kappa shape index (κ3) is 4.06. The first-order chi connectivity index (χ1) is 9.20. The molecule has 0 atom stereocenters. The third-order valence-corrected chi connectivity index (χ3v) is 2.73. The lowest BCUT2D eigenvalue weighted by Crippen LogP contribution is -2.25. The second-order valence-corrected chi connectivity index (χ2v) is 4.40. The Kier molecular flexibility index (Phi) is 4.51. The van der Waals surface area contributed by atoms with Crippen molar-refractivity contribution in [1.82, 2.24) is 10.3 Å². The van der Waals surface area contributed by atoms with Crippen LogP contribution in [0.5, 0.6) is 0 Å². The van der Waals surface area contributed by atoms with Gasteiger partial charge < -0.3 is 14.5 Å². The van der Waals surface area contributed by atoms with Gasteiger partial charge in [-0.05, 0) is 19.3 Å². The van der Waals surface area contributed by atoms with Crippen molar-refractivity contribution in [3.05, 3.63) is 12.0 Å². The molecule has 1 heterocycles. The van der Waals surface area contributed by atoms with E-state index >= 15 is 0 Å². The number of hydrogen-bond acceptors (Lipinski definition) is 5. The molecular formula is C12H17N3O4. The lowest BCUT2D eigenvalue weighted by molar-refractivity contribution is -0.117. The van der Waals surface area contributed by atoms with E-state index in [1.54, 1.807) is 7.11 Å². The summed E-state index contributed by atoms with van der Waals surface area (Å²) in [6.45, 7) is 1.09. The zero-order chi connectivity index (χ0) is 13.7. The Labute approximate surface area is 110 Å². The number of nitrogens with zero attached hydrogens (tertiary/aromatic N) is 1. The van der Waals surface area contributed by atoms with Crippen LogP contribution in [0.25, 0.3) is 0 Å². The summed E-state index contributed by atoms with van der Waals surface area (Å²) >= 11 is 0. The number of ether oxygens (including phenoxy) is 1. The van der Waals surface area contributed by atoms with E-state index in [2.05, 4.69) is 15.6 Å². The molecule has 1 fully saturated rings. The van der Waals surface area contributed by atoms with Crippen molar-refractivity contribution >= 4 is 17.8 Å². The number of oxazole rings is 1. The molecule has 1 aromatic rings. The number of carbonyl (C=O) groups is 2. The number of amides is 2. The monoisotopic (exact) mass is 267 g/mol. The van der Waals surface area contributed by atoms with Crippen molar-refractivity contribution in [1.29, 1.82) is 0 Å². The Morgan fingerprint density at radius 1 is 1.53 bits per heavy atom. The SMILES string of the molecule is COCCCNC(=O)c1coc(NC(=O)C2CC2)n1. The molecule has 2 N–H and O–H groups in total. The van der Waals surface area contributed by atoms with Gasteiger partial charge in [-0.15, -0.1) is 0 Å². The standard InChI is InChI=1S/C12H17N3O4/c1-18-6-2-5-13-11(17)9-7-19-12(14-9)15-10(16)8-3-4-8/h7-8H,2-6H2,1H3,(H,13,17)(H,14,15,16). The van der Waals surface area contributed by atoms with Crippen molar-refractivity contribution < 1.29 is 18.7 Å². The van der Waals surface area contributed by atoms with Gasteiger partial charge in [0.2, 0.25) is 5.91 Å². The third-order valence-electron chi connectivity index (χ3n) is 2.73. The molecule has 0 spiro atoms. The predicted octanol–water partition coefficient (Wildman–Crippen LogP) is 0.789. The van der Waals surface area contributed by atoms with E-state index in [4.69, 9.17) is 9.15 Å². The fraction of sp³-hybridized carbons (Fsp3) is 0.583. The number of methoxy groups -OCH3 is 1. The van der Waals surface area contributed by atoms with E-state index in [1.807, 2.05) is 0 Å². The van der Waals surface area contributed by atoms with Gasteiger partial charge in [-0.1, -0.05) is 0 Å². The Balaban J connectivity index is 1.78. The molecule has 1 aliphatic carbocycles. The molecule has 19 heavy (non-hydrogen) atoms. The molecule has 0 radical (unpaired) electrons. The maximum absolute atomic E-state index is 11.7. The van der Waals surface area contributed by atoms with Crippen LogP contribution in [0.2, 0.25) is 0 Å². The van der Waals surface area contributed by atoms with Crippen LogP contribution in [0, 0.1) is 5.92 Å². The summed E-state index contributed by atoms with van der Waals surface area (Å²) in [5.74, 6) is -0.362. The van der Waals surface area contributed by atoms with Crippen LogP contribution >= 0.6 is 0 Å². The van der Waals surface area contributed by atoms with Crippen molar-refractivity contribution in [2.24, 2.45) is 5.92 Å². The first-order valence-corrected chi connectivity index (χ1v) is 6.24. The van der Waals surface area contributed by atoms with Gasteiger partial charge in [0, 0.05) is 26.2 Å². The van der Waals surface area contributed by atoms with E-state index in [0.29, 0.717) is 13.2 Å². The normalized spacial score (nSPS) is 14.2. The molecule has 0 saturated heterocycles. The molecular weight excluding hydrogens is 250 g/mol. The van der Waals surface area contributed by atoms with E-state index in [9.17, 15) is 9.59 Å². The van der Waals surface area contributed by atoms with Gasteiger partial charge in [0.15, 0.2) is 5.69 Å². The highest BCUT2D eigenvalue weighted by Gasteiger charge is 2.30. The highest BCUT2D eigenvalue weighted by Crippen LogP contribution is 2.29. The maximum Gasteiger partial charge on any atom is 0.302 e. The summed E-state index contributed by atoms with van der Waals surface area (Å²) in [6.07, 6.45) is 3.76. The van der Waals surface area contributed by atoms with Gasteiger partial charge in [0.1, 0.15) is 6.26 Å². The Morgan fingerprint density at radius 3 is 3.00 bits per heavy atom. The number of nitrogens with one attached hydrogen (secondary N) is 2. The smallest absolute Gasteiger partial charge is 0.302 e. The minimum atomic E-state index is -0.327. The summed E-state index contributed by atoms with van der Waals surface area (Å²) in [5, 5.41) is 5.22. The summed E-state index contributed by atoms with van der Waals surface area (Å²) in [6, 6.07) is 0.0685. The van der Waals surface area contributed by atoms with E-state index < -0.39 is 0 Å². The number of anilines is 1. The lowest BCUT2D eigenvalue weighted by atomic mass is 10.4. The fourth-order valence-corrected chi connectivity index (χ4v) is 1.50. The van der Waals surface area contributed by atoms with E-state index in [1.165, 1.54) is 6.26 Å². The van der Waals surface area contributed by atoms with E-state index in [0.717, 1.165) is 19.3 Å². The fourth-order valence-electron chi connectivity index (χ4n) is 1.50. The van der Waals surface area contributed by atoms with Gasteiger partial charge in [-0.25, -0.2) is 0 Å². The summed E-state index contributed by atoms with van der Waals surface area (Å²) in [5.41, 5.74) is 0.156. The molecule has 2 rings (SSSR count). The molecule has 2 amide bonds. The molecule has 0 bridgehead atoms. The number of carbonyl (C=O) groups excluding carboxylic acids is 2. The van der Waals surface area contributed by atoms with Gasteiger partial charge in [0.05, 0.1) is 0 Å². The largest absolute Gasteiger partial charge is 0.431 e. The molecule has 0 unspecified atom stereocenters. The lowest BCUT2D eigenvalue weighted by Gasteiger charge is -2.01. The highest BCUT2D eigenvalue weighted by atomic mass is 16.5. The first kappa shape index (κ1) is 13.5. The summed E-state index contributed by atoms with van der Waals surface area (Å²) < 4.78 is 9.91. The number of rotatable bonds is 7. The predicted molar refractivity (Wildman–Crippen MR) is 66.7 cm³/mol. The molecule has 0 aliphatic heterocycles. The van der Waals surface area contributed by atoms with Gasteiger partial charge in [0.25, 0.3) is 5.91 Å². The molecule has 1 aromatic heterocycles. The minimum Gasteiger partial charge on any atom is -0.431 e. The zero-order valence-electron chi connectivity index (χ0n) is 10.8. The van der Waals surface area contributed by atoms with Crippen LogP contribution in [0.15, 0.2) is 10.7 Å². The quantitative estimate of drug-likeness (QED) is 0.712. The second kappa shape index (κ2) is 6.33. The number of hydrogen-bond donors (Lipinski definition) is 2. The van der Waals surface area contributed by atoms with Crippen LogP contribution in [-0.2, 0) is 9.53 Å². The molecule has 1 saturated carbocycles. The Hall–Kier alpha value is -1.89. The number of aromatic nitrogens is 1. The average molecular weight is 267 g/mol. The summed E-state index contributed by atoms with van der Waals surface area (Å²) in [4.78, 5) is 27.1. The Bertz CT molecular complexity index is 454. The minimum absolute atomic E-state index is 0.0678. The zero-order valence-corrected chi connectivity index (χ0v) is 10.8. The van der Waals surface area contributed by atoms with Crippen LogP contribution in [0.3, 0.4) is 0 Å². The molecule has 104 valence electrons. The second-order valence-electron chi connectivity index (χ2n) is 4.40. The highest BCUT2D eigenvalue weighted by molar-refractivity contribution is 5.94. The van der Waals surface area contributed by atoms with Crippen molar-refractivity contribution in [2.45, 2.75) is 19.3 Å². The van der Waals surface area contributed by atoms with Crippen LogP contribution in [-0.4, -0.2) is 37.1 Å². The molecule has 7 heteroatoms. The van der Waals surface area contributed by atoms with Gasteiger partial charge in [-0.3, -0.25) is 14.9 Å².